The summed E-state index contributed by atoms with van der Waals surface area (Å²) >= 11 is 0. The fourth-order valence-corrected chi connectivity index (χ4v) is 4.45. The topological polar surface area (TPSA) is 95.9 Å². The zero-order valence-corrected chi connectivity index (χ0v) is 22.5. The van der Waals surface area contributed by atoms with Gasteiger partial charge in [-0.1, -0.05) is 89.0 Å². The Hall–Kier alpha value is -3.79. The maximum atomic E-state index is 12.9. The lowest BCUT2D eigenvalue weighted by molar-refractivity contribution is 0.0950. The highest BCUT2D eigenvalue weighted by molar-refractivity contribution is 6.05. The van der Waals surface area contributed by atoms with E-state index in [1.54, 1.807) is 36.4 Å². The summed E-state index contributed by atoms with van der Waals surface area (Å²) in [6.45, 7) is 3.35. The monoisotopic (exact) mass is 518 g/mol. The van der Waals surface area contributed by atoms with E-state index in [0.29, 0.717) is 29.1 Å². The van der Waals surface area contributed by atoms with Gasteiger partial charge in [-0.2, -0.15) is 0 Å². The zero-order chi connectivity index (χ0) is 27.0. The molecule has 0 spiro atoms. The molecular weight excluding hydrogens is 478 g/mol. The maximum Gasteiger partial charge on any atom is 0.385 e. The number of amides is 1. The van der Waals surface area contributed by atoms with Crippen molar-refractivity contribution in [1.29, 1.82) is 5.39 Å². The Bertz CT molecular complexity index is 1190. The molecule has 7 nitrogen and oxygen atoms in total. The van der Waals surface area contributed by atoms with E-state index in [1.807, 2.05) is 18.2 Å². The van der Waals surface area contributed by atoms with Gasteiger partial charge in [-0.25, -0.2) is 0 Å². The molecule has 3 aromatic carbocycles. The van der Waals surface area contributed by atoms with Gasteiger partial charge in [-0.3, -0.25) is 4.79 Å². The summed E-state index contributed by atoms with van der Waals surface area (Å²) in [5.74, 6) is 0.794. The van der Waals surface area contributed by atoms with Crippen molar-refractivity contribution in [3.63, 3.8) is 0 Å². The molecule has 0 aliphatic heterocycles. The van der Waals surface area contributed by atoms with Crippen molar-refractivity contribution in [2.45, 2.75) is 71.1 Å². The SMILES string of the molecule is CCCCCCCCCCCCNC(=O)c1cc(OCCOc2ccc([N+]#N)cc2)c2ccccc2c1O. The molecule has 0 atom stereocenters. The average Bonchev–Trinajstić information content (AvgIpc) is 2.95. The van der Waals surface area contributed by atoms with E-state index >= 15 is 0 Å². The van der Waals surface area contributed by atoms with E-state index in [-0.39, 0.29) is 30.4 Å². The predicted molar refractivity (Wildman–Crippen MR) is 152 cm³/mol. The number of carbonyl (C=O) groups excluding carboxylic acids is 1. The number of ether oxygens (including phenoxy) is 2. The van der Waals surface area contributed by atoms with Gasteiger partial charge < -0.3 is 19.9 Å². The lowest BCUT2D eigenvalue weighted by Gasteiger charge is -2.14. The molecule has 202 valence electrons. The number of nitrogens with one attached hydrogen (secondary N) is 1. The lowest BCUT2D eigenvalue weighted by atomic mass is 10.0. The number of rotatable bonds is 17. The first-order chi connectivity index (χ1) is 18.6. The molecule has 38 heavy (non-hydrogen) atoms. The number of phenolic OH excluding ortho intramolecular Hbond substituents is 1. The van der Waals surface area contributed by atoms with Gasteiger partial charge in [0.15, 0.2) is 4.98 Å². The largest absolute Gasteiger partial charge is 0.506 e. The highest BCUT2D eigenvalue weighted by Gasteiger charge is 2.17. The number of aromatic hydroxyl groups is 1. The second-order valence-electron chi connectivity index (χ2n) is 9.55. The van der Waals surface area contributed by atoms with Crippen molar-refractivity contribution in [3.05, 3.63) is 65.1 Å². The van der Waals surface area contributed by atoms with Crippen LogP contribution >= 0.6 is 0 Å². The Morgan fingerprint density at radius 2 is 1.45 bits per heavy atom. The number of fused-ring (bicyclic) bond motifs is 1. The van der Waals surface area contributed by atoms with Gasteiger partial charge in [-0.05, 0) is 24.6 Å². The number of carbonyl (C=O) groups is 1. The molecular formula is C31H40N3O4+. The number of hydrogen-bond acceptors (Lipinski definition) is 5. The van der Waals surface area contributed by atoms with E-state index in [4.69, 9.17) is 14.9 Å². The maximum absolute atomic E-state index is 12.9. The fraction of sp³-hybridized carbons (Fsp3) is 0.452. The minimum Gasteiger partial charge on any atom is -0.506 e. The first-order valence-corrected chi connectivity index (χ1v) is 13.9. The molecule has 0 heterocycles. The molecule has 0 fully saturated rings. The van der Waals surface area contributed by atoms with Crippen LogP contribution in [0, 0.1) is 5.39 Å². The molecule has 0 saturated carbocycles. The number of benzene rings is 3. The van der Waals surface area contributed by atoms with Crippen LogP contribution in [0.15, 0.2) is 54.6 Å². The Morgan fingerprint density at radius 1 is 0.842 bits per heavy atom. The molecule has 0 unspecified atom stereocenters. The summed E-state index contributed by atoms with van der Waals surface area (Å²) in [4.78, 5) is 16.0. The predicted octanol–water partition coefficient (Wildman–Crippen LogP) is 8.14. The van der Waals surface area contributed by atoms with Crippen LogP contribution in [0.5, 0.6) is 17.2 Å². The molecule has 3 rings (SSSR count). The number of hydrogen-bond donors (Lipinski definition) is 2. The molecule has 3 aromatic rings. The Morgan fingerprint density at radius 3 is 2.11 bits per heavy atom. The Labute approximate surface area is 225 Å². The summed E-state index contributed by atoms with van der Waals surface area (Å²) in [5.41, 5.74) is 0.651. The summed E-state index contributed by atoms with van der Waals surface area (Å²) in [6, 6.07) is 15.6. The summed E-state index contributed by atoms with van der Waals surface area (Å²) in [5, 5.41) is 23.8. The van der Waals surface area contributed by atoms with Crippen LogP contribution in [-0.2, 0) is 0 Å². The van der Waals surface area contributed by atoms with Crippen LogP contribution in [0.3, 0.4) is 0 Å². The van der Waals surface area contributed by atoms with Crippen LogP contribution in [-0.4, -0.2) is 30.8 Å². The second-order valence-corrected chi connectivity index (χ2v) is 9.55. The number of unbranched alkanes of at least 4 members (excludes halogenated alkanes) is 9. The van der Waals surface area contributed by atoms with Crippen LogP contribution in [0.25, 0.3) is 15.7 Å². The molecule has 0 aromatic heterocycles. The van der Waals surface area contributed by atoms with Crippen LogP contribution in [0.2, 0.25) is 0 Å². The van der Waals surface area contributed by atoms with E-state index < -0.39 is 0 Å². The molecule has 0 radical (unpaired) electrons. The van der Waals surface area contributed by atoms with Gasteiger partial charge in [0.1, 0.15) is 30.5 Å². The number of nitrogens with zero attached hydrogens (tertiary/aromatic N) is 2. The minimum absolute atomic E-state index is 0.0424. The molecule has 7 heteroatoms. The quantitative estimate of drug-likeness (QED) is 0.139. The fourth-order valence-electron chi connectivity index (χ4n) is 4.45. The smallest absolute Gasteiger partial charge is 0.385 e. The summed E-state index contributed by atoms with van der Waals surface area (Å²) in [7, 11) is 0. The number of phenols is 1. The molecule has 0 saturated heterocycles. The first-order valence-electron chi connectivity index (χ1n) is 13.9. The third kappa shape index (κ3) is 8.95. The van der Waals surface area contributed by atoms with E-state index in [0.717, 1.165) is 18.2 Å². The van der Waals surface area contributed by atoms with Crippen LogP contribution in [0.1, 0.15) is 81.5 Å². The van der Waals surface area contributed by atoms with E-state index in [9.17, 15) is 9.90 Å². The van der Waals surface area contributed by atoms with Gasteiger partial charge in [0.25, 0.3) is 5.91 Å². The van der Waals surface area contributed by atoms with Crippen LogP contribution in [0.4, 0.5) is 5.69 Å². The summed E-state index contributed by atoms with van der Waals surface area (Å²) in [6.07, 6.45) is 12.4. The standard InChI is InChI=1S/C31H39N3O4/c1-2-3-4-5-6-7-8-9-10-13-20-33-31(36)28-23-29(26-14-11-12-15-27(26)30(28)35)38-22-21-37-25-18-16-24(34-32)17-19-25/h11-12,14-19,23H,2-10,13,20-22H2,1H3,(H-,33,35,36)/p+1. The molecule has 0 aliphatic rings. The number of diazo groups is 1. The van der Waals surface area contributed by atoms with Gasteiger partial charge in [0.05, 0.1) is 5.56 Å². The molecule has 0 aliphatic carbocycles. The first kappa shape index (κ1) is 28.8. The average molecular weight is 519 g/mol. The lowest BCUT2D eigenvalue weighted by Crippen LogP contribution is -2.24. The highest BCUT2D eigenvalue weighted by Crippen LogP contribution is 2.36. The van der Waals surface area contributed by atoms with Crippen molar-refractivity contribution in [1.82, 2.24) is 5.32 Å². The Kier molecular flexibility index (Phi) is 12.2. The van der Waals surface area contributed by atoms with Crippen molar-refractivity contribution >= 4 is 22.4 Å². The van der Waals surface area contributed by atoms with Crippen LogP contribution < -0.4 is 14.8 Å². The second kappa shape index (κ2) is 16.1. The third-order valence-corrected chi connectivity index (χ3v) is 6.60. The minimum atomic E-state index is -0.306. The third-order valence-electron chi connectivity index (χ3n) is 6.60. The van der Waals surface area contributed by atoms with Crippen molar-refractivity contribution in [2.75, 3.05) is 19.8 Å². The van der Waals surface area contributed by atoms with Gasteiger partial charge >= 0.3 is 5.69 Å². The summed E-state index contributed by atoms with van der Waals surface area (Å²) < 4.78 is 11.7. The highest BCUT2D eigenvalue weighted by atomic mass is 16.5. The van der Waals surface area contributed by atoms with Gasteiger partial charge in [0, 0.05) is 29.4 Å². The van der Waals surface area contributed by atoms with E-state index in [2.05, 4.69) is 17.2 Å². The van der Waals surface area contributed by atoms with Gasteiger partial charge in [-0.15, -0.1) is 0 Å². The van der Waals surface area contributed by atoms with Crippen molar-refractivity contribution in [3.8, 4) is 17.2 Å². The Balaban J connectivity index is 1.48. The van der Waals surface area contributed by atoms with Gasteiger partial charge in [0.2, 0.25) is 5.39 Å². The van der Waals surface area contributed by atoms with Crippen molar-refractivity contribution < 1.29 is 19.4 Å². The molecule has 0 bridgehead atoms. The van der Waals surface area contributed by atoms with Crippen molar-refractivity contribution in [2.24, 2.45) is 0 Å². The zero-order valence-electron chi connectivity index (χ0n) is 22.5. The van der Waals surface area contributed by atoms with E-state index in [1.165, 1.54) is 51.4 Å². The molecule has 1 amide bonds. The normalized spacial score (nSPS) is 10.7. The molecule has 2 N–H and O–H groups in total.